The van der Waals surface area contributed by atoms with Crippen molar-refractivity contribution in [2.75, 3.05) is 0 Å². The molecule has 0 radical (unpaired) electrons. The van der Waals surface area contributed by atoms with Crippen LogP contribution in [0.15, 0.2) is 18.2 Å². The zero-order valence-corrected chi connectivity index (χ0v) is 13.5. The zero-order valence-electron chi connectivity index (χ0n) is 13.5. The van der Waals surface area contributed by atoms with Gasteiger partial charge in [0.2, 0.25) is 5.91 Å². The highest BCUT2D eigenvalue weighted by Crippen LogP contribution is 2.29. The molecule has 1 unspecified atom stereocenters. The van der Waals surface area contributed by atoms with Crippen LogP contribution in [-0.4, -0.2) is 29.7 Å². The van der Waals surface area contributed by atoms with Gasteiger partial charge in [-0.3, -0.25) is 19.2 Å². The largest absolute Gasteiger partial charge is 0.423 e. The van der Waals surface area contributed by atoms with Crippen LogP contribution in [0.2, 0.25) is 0 Å². The molecule has 0 spiro atoms. The fourth-order valence-corrected chi connectivity index (χ4v) is 1.93. The number of esters is 2. The Morgan fingerprint density at radius 2 is 1.52 bits per heavy atom. The van der Waals surface area contributed by atoms with E-state index in [2.05, 4.69) is 5.32 Å². The molecule has 7 heteroatoms. The monoisotopic (exact) mass is 321 g/mol. The lowest BCUT2D eigenvalue weighted by molar-refractivity contribution is -0.134. The van der Waals surface area contributed by atoms with Gasteiger partial charge in [-0.25, -0.2) is 0 Å². The molecule has 0 aromatic heterocycles. The summed E-state index contributed by atoms with van der Waals surface area (Å²) < 4.78 is 9.99. The molecule has 0 saturated carbocycles. The summed E-state index contributed by atoms with van der Waals surface area (Å²) in [4.78, 5) is 45.0. The van der Waals surface area contributed by atoms with Gasteiger partial charge in [-0.05, 0) is 31.0 Å². The Kier molecular flexibility index (Phi) is 6.44. The van der Waals surface area contributed by atoms with Gasteiger partial charge >= 0.3 is 11.9 Å². The quantitative estimate of drug-likeness (QED) is 0.624. The van der Waals surface area contributed by atoms with Crippen LogP contribution in [-0.2, 0) is 25.6 Å². The number of amides is 1. The summed E-state index contributed by atoms with van der Waals surface area (Å²) in [5, 5.41) is 2.55. The fourth-order valence-electron chi connectivity index (χ4n) is 1.93. The van der Waals surface area contributed by atoms with E-state index in [1.807, 2.05) is 0 Å². The fraction of sp³-hybridized carbons (Fsp3) is 0.375. The smallest absolute Gasteiger partial charge is 0.308 e. The van der Waals surface area contributed by atoms with Gasteiger partial charge in [0.25, 0.3) is 0 Å². The first-order chi connectivity index (χ1) is 10.7. The molecule has 0 saturated heterocycles. The molecule has 7 nitrogen and oxygen atoms in total. The molecule has 0 aliphatic heterocycles. The van der Waals surface area contributed by atoms with E-state index in [0.29, 0.717) is 5.56 Å². The normalized spacial score (nSPS) is 11.3. The van der Waals surface area contributed by atoms with Crippen LogP contribution >= 0.6 is 0 Å². The Hall–Kier alpha value is -2.70. The van der Waals surface area contributed by atoms with Crippen molar-refractivity contribution in [3.63, 3.8) is 0 Å². The molecule has 0 bridgehead atoms. The molecule has 1 aromatic carbocycles. The van der Waals surface area contributed by atoms with Crippen LogP contribution < -0.4 is 14.8 Å². The van der Waals surface area contributed by atoms with E-state index in [9.17, 15) is 19.2 Å². The van der Waals surface area contributed by atoms with E-state index in [1.165, 1.54) is 39.8 Å². The molecule has 0 aliphatic carbocycles. The van der Waals surface area contributed by atoms with Crippen molar-refractivity contribution in [2.45, 2.75) is 40.2 Å². The van der Waals surface area contributed by atoms with E-state index >= 15 is 0 Å². The highest BCUT2D eigenvalue weighted by atomic mass is 16.6. The van der Waals surface area contributed by atoms with Gasteiger partial charge in [0.05, 0.1) is 6.04 Å². The number of ketones is 1. The predicted molar refractivity (Wildman–Crippen MR) is 81.0 cm³/mol. The van der Waals surface area contributed by atoms with E-state index in [1.54, 1.807) is 6.07 Å². The second-order valence-electron chi connectivity index (χ2n) is 5.04. The third-order valence-electron chi connectivity index (χ3n) is 2.82. The lowest BCUT2D eigenvalue weighted by Crippen LogP contribution is -2.40. The van der Waals surface area contributed by atoms with Crippen LogP contribution in [0.3, 0.4) is 0 Å². The molecule has 0 aliphatic rings. The molecule has 124 valence electrons. The molecule has 1 aromatic rings. The van der Waals surface area contributed by atoms with Crippen LogP contribution in [0.1, 0.15) is 33.3 Å². The Morgan fingerprint density at radius 3 is 2.00 bits per heavy atom. The maximum atomic E-state index is 11.6. The highest BCUT2D eigenvalue weighted by Gasteiger charge is 2.18. The first-order valence-corrected chi connectivity index (χ1v) is 6.96. The van der Waals surface area contributed by atoms with Crippen LogP contribution in [0, 0.1) is 0 Å². The summed E-state index contributed by atoms with van der Waals surface area (Å²) in [6.07, 6.45) is 0.226. The molecule has 0 fully saturated rings. The van der Waals surface area contributed by atoms with E-state index in [0.717, 1.165) is 0 Å². The van der Waals surface area contributed by atoms with Crippen molar-refractivity contribution in [3.8, 4) is 11.5 Å². The van der Waals surface area contributed by atoms with Crippen molar-refractivity contribution in [1.82, 2.24) is 5.32 Å². The molecule has 1 amide bonds. The second kappa shape index (κ2) is 8.07. The first kappa shape index (κ1) is 18.3. The number of carbonyl (C=O) groups excluding carboxylic acids is 4. The maximum Gasteiger partial charge on any atom is 0.308 e. The molecule has 1 rings (SSSR count). The standard InChI is InChI=1S/C16H19NO6/c1-9(18)14(17-10(2)19)7-13-5-6-15(22-11(3)20)16(8-13)23-12(4)21/h5-6,8,14H,7H2,1-4H3,(H,17,19). The predicted octanol–water partition coefficient (Wildman–Crippen LogP) is 1.17. The first-order valence-electron chi connectivity index (χ1n) is 6.96. The Balaban J connectivity index is 3.07. The molecular weight excluding hydrogens is 302 g/mol. The molecule has 0 heterocycles. The van der Waals surface area contributed by atoms with E-state index < -0.39 is 18.0 Å². The maximum absolute atomic E-state index is 11.6. The minimum Gasteiger partial charge on any atom is -0.423 e. The molecular formula is C16H19NO6. The van der Waals surface area contributed by atoms with Crippen LogP contribution in [0.5, 0.6) is 11.5 Å². The number of ether oxygens (including phenoxy) is 2. The number of nitrogens with one attached hydrogen (secondary N) is 1. The van der Waals surface area contributed by atoms with Crippen molar-refractivity contribution in [1.29, 1.82) is 0 Å². The topological polar surface area (TPSA) is 98.8 Å². The van der Waals surface area contributed by atoms with Gasteiger partial charge in [-0.2, -0.15) is 0 Å². The molecule has 23 heavy (non-hydrogen) atoms. The van der Waals surface area contributed by atoms with Crippen molar-refractivity contribution < 1.29 is 28.7 Å². The number of carbonyl (C=O) groups is 4. The van der Waals surface area contributed by atoms with Gasteiger partial charge < -0.3 is 14.8 Å². The SMILES string of the molecule is CC(=O)NC(Cc1ccc(OC(C)=O)c(OC(C)=O)c1)C(C)=O. The summed E-state index contributed by atoms with van der Waals surface area (Å²) in [6.45, 7) is 5.15. The Bertz CT molecular complexity index is 637. The van der Waals surface area contributed by atoms with Gasteiger partial charge in [-0.15, -0.1) is 0 Å². The minimum absolute atomic E-state index is 0.0790. The summed E-state index contributed by atoms with van der Waals surface area (Å²) in [7, 11) is 0. The van der Waals surface area contributed by atoms with Crippen molar-refractivity contribution >= 4 is 23.6 Å². The summed E-state index contributed by atoms with van der Waals surface area (Å²) in [5.74, 6) is -1.45. The highest BCUT2D eigenvalue weighted by molar-refractivity contribution is 5.87. The number of hydrogen-bond acceptors (Lipinski definition) is 6. The number of benzene rings is 1. The van der Waals surface area contributed by atoms with Crippen LogP contribution in [0.4, 0.5) is 0 Å². The molecule has 1 atom stereocenters. The number of rotatable bonds is 6. The van der Waals surface area contributed by atoms with Gasteiger partial charge in [0.1, 0.15) is 0 Å². The number of hydrogen-bond donors (Lipinski definition) is 1. The van der Waals surface area contributed by atoms with Crippen molar-refractivity contribution in [2.24, 2.45) is 0 Å². The minimum atomic E-state index is -0.683. The van der Waals surface area contributed by atoms with Crippen LogP contribution in [0.25, 0.3) is 0 Å². The average Bonchev–Trinajstić information content (AvgIpc) is 2.39. The average molecular weight is 321 g/mol. The van der Waals surface area contributed by atoms with E-state index in [-0.39, 0.29) is 29.6 Å². The van der Waals surface area contributed by atoms with Gasteiger partial charge in [0, 0.05) is 20.8 Å². The summed E-state index contributed by atoms with van der Waals surface area (Å²) in [6, 6.07) is 3.91. The third-order valence-corrected chi connectivity index (χ3v) is 2.82. The number of Topliss-reactive ketones (excluding diaryl/α,β-unsaturated/α-hetero) is 1. The lowest BCUT2D eigenvalue weighted by Gasteiger charge is -2.16. The lowest BCUT2D eigenvalue weighted by atomic mass is 10.0. The zero-order chi connectivity index (χ0) is 17.6. The summed E-state index contributed by atoms with van der Waals surface area (Å²) >= 11 is 0. The van der Waals surface area contributed by atoms with Gasteiger partial charge in [-0.1, -0.05) is 6.07 Å². The van der Waals surface area contributed by atoms with Gasteiger partial charge in [0.15, 0.2) is 17.3 Å². The van der Waals surface area contributed by atoms with E-state index in [4.69, 9.17) is 9.47 Å². The Morgan fingerprint density at radius 1 is 0.957 bits per heavy atom. The van der Waals surface area contributed by atoms with Crippen molar-refractivity contribution in [3.05, 3.63) is 23.8 Å². The second-order valence-corrected chi connectivity index (χ2v) is 5.04. The Labute approximate surface area is 134 Å². The molecule has 1 N–H and O–H groups in total. The summed E-state index contributed by atoms with van der Waals surface area (Å²) in [5.41, 5.74) is 0.645. The third kappa shape index (κ3) is 6.29.